The Hall–Kier alpha value is -1.95. The molecule has 0 aromatic heterocycles. The number of hydrogen-bond acceptors (Lipinski definition) is 4. The summed E-state index contributed by atoms with van der Waals surface area (Å²) in [5, 5.41) is 13.2. The highest BCUT2D eigenvalue weighted by molar-refractivity contribution is 5.74. The number of urea groups is 1. The summed E-state index contributed by atoms with van der Waals surface area (Å²) in [7, 11) is 3.24. The molecule has 0 spiro atoms. The molecule has 2 N–H and O–H groups in total. The number of aliphatic hydroxyl groups excluding tert-OH is 1. The number of hydrogen-bond donors (Lipinski definition) is 2. The van der Waals surface area contributed by atoms with Gasteiger partial charge in [0.2, 0.25) is 0 Å². The Morgan fingerprint density at radius 2 is 2.04 bits per heavy atom. The van der Waals surface area contributed by atoms with Crippen molar-refractivity contribution in [2.24, 2.45) is 0 Å². The third kappa shape index (κ3) is 5.01. The molecule has 0 heterocycles. The van der Waals surface area contributed by atoms with E-state index in [1.165, 1.54) is 0 Å². The Labute approximate surface area is 150 Å². The molecule has 0 aliphatic heterocycles. The highest BCUT2D eigenvalue weighted by Crippen LogP contribution is 2.25. The smallest absolute Gasteiger partial charge is 0.317 e. The Kier molecular flexibility index (Phi) is 7.37. The molecule has 6 nitrogen and oxygen atoms in total. The molecule has 140 valence electrons. The lowest BCUT2D eigenvalue weighted by Crippen LogP contribution is -2.52. The van der Waals surface area contributed by atoms with Crippen LogP contribution in [0.5, 0.6) is 11.5 Å². The van der Waals surface area contributed by atoms with Gasteiger partial charge < -0.3 is 24.8 Å². The number of carbonyl (C=O) groups is 1. The van der Waals surface area contributed by atoms with Gasteiger partial charge in [0.05, 0.1) is 26.4 Å². The molecule has 1 aromatic carbocycles. The summed E-state index contributed by atoms with van der Waals surface area (Å²) in [6.07, 6.45) is 4.00. The van der Waals surface area contributed by atoms with E-state index in [0.717, 1.165) is 42.7 Å². The topological polar surface area (TPSA) is 71.0 Å². The minimum atomic E-state index is -0.416. The number of likely N-dealkylation sites (N-methyl/N-ethyl adjacent to an activating group) is 1. The van der Waals surface area contributed by atoms with Crippen molar-refractivity contribution in [3.8, 4) is 11.5 Å². The van der Waals surface area contributed by atoms with Crippen LogP contribution in [-0.4, -0.2) is 55.5 Å². The van der Waals surface area contributed by atoms with Gasteiger partial charge in [-0.25, -0.2) is 4.79 Å². The van der Waals surface area contributed by atoms with Crippen molar-refractivity contribution in [2.75, 3.05) is 27.3 Å². The third-order valence-electron chi connectivity index (χ3n) is 4.86. The van der Waals surface area contributed by atoms with E-state index in [1.807, 2.05) is 25.1 Å². The largest absolute Gasteiger partial charge is 0.497 e. The zero-order valence-corrected chi connectivity index (χ0v) is 15.5. The average Bonchev–Trinajstić information content (AvgIpc) is 2.64. The number of rotatable bonds is 7. The first-order valence-corrected chi connectivity index (χ1v) is 9.04. The van der Waals surface area contributed by atoms with Gasteiger partial charge in [0.15, 0.2) is 0 Å². The Bertz CT molecular complexity index is 564. The molecule has 1 saturated carbocycles. The average molecular weight is 350 g/mol. The summed E-state index contributed by atoms with van der Waals surface area (Å²) in [5.74, 6) is 1.50. The van der Waals surface area contributed by atoms with Gasteiger partial charge in [-0.1, -0.05) is 18.9 Å². The zero-order valence-electron chi connectivity index (χ0n) is 15.5. The van der Waals surface area contributed by atoms with E-state index in [-0.39, 0.29) is 12.1 Å². The van der Waals surface area contributed by atoms with Gasteiger partial charge in [-0.05, 0) is 37.8 Å². The van der Waals surface area contributed by atoms with E-state index in [4.69, 9.17) is 9.47 Å². The predicted molar refractivity (Wildman–Crippen MR) is 97.3 cm³/mol. The predicted octanol–water partition coefficient (Wildman–Crippen LogP) is 2.58. The SMILES string of the molecule is CCN(C(=O)NCCc1ccc(OC)cc1OC)[C@@H]1CCCC[C@H]1O. The van der Waals surface area contributed by atoms with Crippen molar-refractivity contribution in [3.05, 3.63) is 23.8 Å². The van der Waals surface area contributed by atoms with Gasteiger partial charge in [-0.15, -0.1) is 0 Å². The monoisotopic (exact) mass is 350 g/mol. The van der Waals surface area contributed by atoms with Crippen molar-refractivity contribution in [3.63, 3.8) is 0 Å². The summed E-state index contributed by atoms with van der Waals surface area (Å²) in [6.45, 7) is 3.06. The Balaban J connectivity index is 1.90. The molecule has 2 rings (SSSR count). The third-order valence-corrected chi connectivity index (χ3v) is 4.86. The van der Waals surface area contributed by atoms with Gasteiger partial charge in [-0.2, -0.15) is 0 Å². The molecule has 6 heteroatoms. The molecule has 1 aliphatic carbocycles. The lowest BCUT2D eigenvalue weighted by atomic mass is 9.91. The fourth-order valence-corrected chi connectivity index (χ4v) is 3.45. The number of nitrogens with one attached hydrogen (secondary N) is 1. The highest BCUT2D eigenvalue weighted by Gasteiger charge is 2.30. The summed E-state index contributed by atoms with van der Waals surface area (Å²) < 4.78 is 10.6. The van der Waals surface area contributed by atoms with Crippen LogP contribution in [-0.2, 0) is 6.42 Å². The number of benzene rings is 1. The number of nitrogens with zero attached hydrogens (tertiary/aromatic N) is 1. The second-order valence-electron chi connectivity index (χ2n) is 6.36. The van der Waals surface area contributed by atoms with Crippen LogP contribution >= 0.6 is 0 Å². The molecule has 0 unspecified atom stereocenters. The molecule has 0 saturated heterocycles. The molecular weight excluding hydrogens is 320 g/mol. The summed E-state index contributed by atoms with van der Waals surface area (Å²) >= 11 is 0. The van der Waals surface area contributed by atoms with Crippen LogP contribution in [0, 0.1) is 0 Å². The number of amides is 2. The van der Waals surface area contributed by atoms with E-state index in [9.17, 15) is 9.90 Å². The van der Waals surface area contributed by atoms with Crippen LogP contribution in [0.25, 0.3) is 0 Å². The first-order chi connectivity index (χ1) is 12.1. The summed E-state index contributed by atoms with van der Waals surface area (Å²) in [6, 6.07) is 5.49. The van der Waals surface area contributed by atoms with Gasteiger partial charge in [0.25, 0.3) is 0 Å². The van der Waals surface area contributed by atoms with Crippen molar-refractivity contribution < 1.29 is 19.4 Å². The van der Waals surface area contributed by atoms with Crippen LogP contribution in [0.1, 0.15) is 38.2 Å². The maximum absolute atomic E-state index is 12.5. The first kappa shape index (κ1) is 19.4. The minimum Gasteiger partial charge on any atom is -0.497 e. The van der Waals surface area contributed by atoms with Crippen molar-refractivity contribution in [2.45, 2.75) is 51.2 Å². The molecule has 0 bridgehead atoms. The molecule has 1 fully saturated rings. The molecular formula is C19H30N2O4. The number of methoxy groups -OCH3 is 2. The number of carbonyl (C=O) groups excluding carboxylic acids is 1. The van der Waals surface area contributed by atoms with E-state index < -0.39 is 6.10 Å². The van der Waals surface area contributed by atoms with Crippen molar-refractivity contribution >= 4 is 6.03 Å². The number of aliphatic hydroxyl groups is 1. The van der Waals surface area contributed by atoms with E-state index in [0.29, 0.717) is 19.5 Å². The van der Waals surface area contributed by atoms with Crippen LogP contribution < -0.4 is 14.8 Å². The zero-order chi connectivity index (χ0) is 18.2. The first-order valence-electron chi connectivity index (χ1n) is 9.04. The molecule has 1 aromatic rings. The van der Waals surface area contributed by atoms with Crippen LogP contribution in [0.2, 0.25) is 0 Å². The quantitative estimate of drug-likeness (QED) is 0.793. The Morgan fingerprint density at radius 1 is 1.28 bits per heavy atom. The molecule has 2 amide bonds. The van der Waals surface area contributed by atoms with Crippen LogP contribution in [0.15, 0.2) is 18.2 Å². The second kappa shape index (κ2) is 9.51. The van der Waals surface area contributed by atoms with Crippen LogP contribution in [0.4, 0.5) is 4.79 Å². The lowest BCUT2D eigenvalue weighted by Gasteiger charge is -2.37. The maximum Gasteiger partial charge on any atom is 0.317 e. The van der Waals surface area contributed by atoms with Gasteiger partial charge in [-0.3, -0.25) is 0 Å². The molecule has 1 aliphatic rings. The lowest BCUT2D eigenvalue weighted by molar-refractivity contribution is 0.0386. The van der Waals surface area contributed by atoms with Gasteiger partial charge in [0.1, 0.15) is 11.5 Å². The molecule has 2 atom stereocenters. The van der Waals surface area contributed by atoms with E-state index in [2.05, 4.69) is 5.32 Å². The van der Waals surface area contributed by atoms with Crippen LogP contribution in [0.3, 0.4) is 0 Å². The summed E-state index contributed by atoms with van der Waals surface area (Å²) in [4.78, 5) is 14.3. The normalized spacial score (nSPS) is 20.0. The van der Waals surface area contributed by atoms with Crippen molar-refractivity contribution in [1.82, 2.24) is 10.2 Å². The van der Waals surface area contributed by atoms with Crippen molar-refractivity contribution in [1.29, 1.82) is 0 Å². The fourth-order valence-electron chi connectivity index (χ4n) is 3.45. The standard InChI is InChI=1S/C19H30N2O4/c1-4-21(16-7-5-6-8-17(16)22)19(23)20-12-11-14-9-10-15(24-2)13-18(14)25-3/h9-10,13,16-17,22H,4-8,11-12H2,1-3H3,(H,20,23)/t16-,17-/m1/s1. The van der Waals surface area contributed by atoms with Gasteiger partial charge >= 0.3 is 6.03 Å². The Morgan fingerprint density at radius 3 is 2.68 bits per heavy atom. The summed E-state index contributed by atoms with van der Waals surface area (Å²) in [5.41, 5.74) is 1.02. The number of ether oxygens (including phenoxy) is 2. The highest BCUT2D eigenvalue weighted by atomic mass is 16.5. The maximum atomic E-state index is 12.5. The second-order valence-corrected chi connectivity index (χ2v) is 6.36. The van der Waals surface area contributed by atoms with Gasteiger partial charge in [0, 0.05) is 19.2 Å². The van der Waals surface area contributed by atoms with E-state index >= 15 is 0 Å². The minimum absolute atomic E-state index is 0.0747. The van der Waals surface area contributed by atoms with E-state index in [1.54, 1.807) is 19.1 Å². The fraction of sp³-hybridized carbons (Fsp3) is 0.632. The molecule has 0 radical (unpaired) electrons. The molecule has 25 heavy (non-hydrogen) atoms.